The lowest BCUT2D eigenvalue weighted by Crippen LogP contribution is -2.45. The van der Waals surface area contributed by atoms with Crippen molar-refractivity contribution in [2.75, 3.05) is 11.9 Å². The highest BCUT2D eigenvalue weighted by molar-refractivity contribution is 5.89. The summed E-state index contributed by atoms with van der Waals surface area (Å²) in [5.41, 5.74) is 3.11. The molecule has 0 aromatic heterocycles. The Bertz CT molecular complexity index is 518. The summed E-state index contributed by atoms with van der Waals surface area (Å²) < 4.78 is 5.37. The molecule has 1 aliphatic heterocycles. The van der Waals surface area contributed by atoms with E-state index < -0.39 is 0 Å². The molecule has 1 aliphatic carbocycles. The van der Waals surface area contributed by atoms with Gasteiger partial charge in [-0.3, -0.25) is 0 Å². The maximum Gasteiger partial charge on any atom is 0.319 e. The Hall–Kier alpha value is -1.59. The van der Waals surface area contributed by atoms with Gasteiger partial charge in [-0.25, -0.2) is 4.79 Å². The fourth-order valence-corrected chi connectivity index (χ4v) is 3.20. The molecule has 1 saturated carbocycles. The van der Waals surface area contributed by atoms with Crippen molar-refractivity contribution >= 4 is 11.7 Å². The van der Waals surface area contributed by atoms with E-state index >= 15 is 0 Å². The van der Waals surface area contributed by atoms with Crippen molar-refractivity contribution < 1.29 is 14.6 Å². The molecule has 1 heterocycles. The molecule has 0 bridgehead atoms. The van der Waals surface area contributed by atoms with Gasteiger partial charge < -0.3 is 20.5 Å². The van der Waals surface area contributed by atoms with Gasteiger partial charge in [0.1, 0.15) is 0 Å². The summed E-state index contributed by atoms with van der Waals surface area (Å²) in [6.45, 7) is 1.41. The molecule has 5 nitrogen and oxygen atoms in total. The molecule has 3 rings (SSSR count). The Morgan fingerprint density at radius 1 is 1.24 bits per heavy atom. The van der Waals surface area contributed by atoms with Crippen LogP contribution in [0.3, 0.4) is 0 Å². The van der Waals surface area contributed by atoms with E-state index in [1.807, 2.05) is 18.2 Å². The van der Waals surface area contributed by atoms with Crippen molar-refractivity contribution in [2.24, 2.45) is 5.92 Å². The summed E-state index contributed by atoms with van der Waals surface area (Å²) in [4.78, 5) is 12.1. The molecule has 2 atom stereocenters. The van der Waals surface area contributed by atoms with Crippen molar-refractivity contribution in [3.05, 3.63) is 29.3 Å². The Kier molecular flexibility index (Phi) is 4.41. The van der Waals surface area contributed by atoms with Crippen LogP contribution >= 0.6 is 0 Å². The van der Waals surface area contributed by atoms with Gasteiger partial charge in [-0.1, -0.05) is 18.9 Å². The van der Waals surface area contributed by atoms with Gasteiger partial charge in [-0.15, -0.1) is 0 Å². The third-order valence-electron chi connectivity index (χ3n) is 4.44. The first kappa shape index (κ1) is 14.4. The van der Waals surface area contributed by atoms with E-state index in [0.29, 0.717) is 13.2 Å². The number of nitrogens with one attached hydrogen (secondary N) is 2. The van der Waals surface area contributed by atoms with Crippen molar-refractivity contribution in [2.45, 2.75) is 44.9 Å². The third-order valence-corrected chi connectivity index (χ3v) is 4.44. The Balaban J connectivity index is 1.58. The number of rotatable bonds is 3. The predicted octanol–water partition coefficient (Wildman–Crippen LogP) is 2.39. The van der Waals surface area contributed by atoms with Crippen molar-refractivity contribution in [1.82, 2.24) is 5.32 Å². The first-order valence-electron chi connectivity index (χ1n) is 7.64. The van der Waals surface area contributed by atoms with Crippen LogP contribution in [0.15, 0.2) is 18.2 Å². The van der Waals surface area contributed by atoms with Crippen LogP contribution in [0.1, 0.15) is 36.8 Å². The van der Waals surface area contributed by atoms with E-state index in [9.17, 15) is 9.90 Å². The maximum absolute atomic E-state index is 12.1. The standard InChI is InChI=1S/C16H22N2O3/c19-8-11-3-1-2-4-15(11)18-16(20)17-14-6-5-12-9-21-10-13(12)7-14/h5-7,11,15,19H,1-4,8-10H2,(H2,17,18,20). The number of aliphatic hydroxyl groups is 1. The molecule has 2 amide bonds. The molecular weight excluding hydrogens is 268 g/mol. The number of urea groups is 1. The minimum Gasteiger partial charge on any atom is -0.396 e. The molecule has 0 saturated heterocycles. The predicted molar refractivity (Wildman–Crippen MR) is 79.9 cm³/mol. The van der Waals surface area contributed by atoms with Gasteiger partial charge in [0.05, 0.1) is 13.2 Å². The molecule has 3 N–H and O–H groups in total. The smallest absolute Gasteiger partial charge is 0.319 e. The molecule has 21 heavy (non-hydrogen) atoms. The summed E-state index contributed by atoms with van der Waals surface area (Å²) in [6.07, 6.45) is 4.17. The highest BCUT2D eigenvalue weighted by atomic mass is 16.5. The second-order valence-corrected chi connectivity index (χ2v) is 5.91. The zero-order valence-corrected chi connectivity index (χ0v) is 12.1. The minimum atomic E-state index is -0.195. The van der Waals surface area contributed by atoms with Crippen LogP contribution < -0.4 is 10.6 Å². The van der Waals surface area contributed by atoms with Crippen LogP contribution in [0.25, 0.3) is 0 Å². The lowest BCUT2D eigenvalue weighted by atomic mass is 9.85. The zero-order valence-electron chi connectivity index (χ0n) is 12.1. The lowest BCUT2D eigenvalue weighted by molar-refractivity contribution is 0.134. The van der Waals surface area contributed by atoms with Crippen LogP contribution in [0, 0.1) is 5.92 Å². The SMILES string of the molecule is O=C(Nc1ccc2c(c1)COC2)NC1CCCCC1CO. The highest BCUT2D eigenvalue weighted by Gasteiger charge is 2.25. The van der Waals surface area contributed by atoms with Gasteiger partial charge in [0.2, 0.25) is 0 Å². The molecule has 1 aromatic rings. The van der Waals surface area contributed by atoms with Crippen LogP contribution in [0.4, 0.5) is 10.5 Å². The normalized spacial score (nSPS) is 24.4. The molecule has 5 heteroatoms. The summed E-state index contributed by atoms with van der Waals surface area (Å²) in [6, 6.07) is 5.74. The number of fused-ring (bicyclic) bond motifs is 1. The molecule has 114 valence electrons. The largest absolute Gasteiger partial charge is 0.396 e. The second-order valence-electron chi connectivity index (χ2n) is 5.91. The van der Waals surface area contributed by atoms with Gasteiger partial charge in [-0.05, 0) is 36.1 Å². The molecule has 1 aromatic carbocycles. The molecule has 0 radical (unpaired) electrons. The number of carbonyl (C=O) groups excluding carboxylic acids is 1. The minimum absolute atomic E-state index is 0.0708. The van der Waals surface area contributed by atoms with E-state index in [1.54, 1.807) is 0 Å². The highest BCUT2D eigenvalue weighted by Crippen LogP contribution is 2.25. The van der Waals surface area contributed by atoms with Crippen LogP contribution in [0.2, 0.25) is 0 Å². The van der Waals surface area contributed by atoms with Gasteiger partial charge in [0.25, 0.3) is 0 Å². The van der Waals surface area contributed by atoms with E-state index in [0.717, 1.165) is 36.9 Å². The van der Waals surface area contributed by atoms with E-state index in [4.69, 9.17) is 4.74 Å². The topological polar surface area (TPSA) is 70.6 Å². The molecule has 2 aliphatic rings. The van der Waals surface area contributed by atoms with Gasteiger partial charge in [0.15, 0.2) is 0 Å². The van der Waals surface area contributed by atoms with E-state index in [1.165, 1.54) is 5.56 Å². The van der Waals surface area contributed by atoms with Crippen molar-refractivity contribution in [1.29, 1.82) is 0 Å². The first-order chi connectivity index (χ1) is 10.3. The average molecular weight is 290 g/mol. The quantitative estimate of drug-likeness (QED) is 0.800. The fraction of sp³-hybridized carbons (Fsp3) is 0.562. The van der Waals surface area contributed by atoms with Crippen LogP contribution in [-0.4, -0.2) is 23.8 Å². The summed E-state index contributed by atoms with van der Waals surface area (Å²) in [5.74, 6) is 0.179. The number of amides is 2. The number of hydrogen-bond acceptors (Lipinski definition) is 3. The number of anilines is 1. The van der Waals surface area contributed by atoms with E-state index in [2.05, 4.69) is 10.6 Å². The van der Waals surface area contributed by atoms with Gasteiger partial charge in [-0.2, -0.15) is 0 Å². The molecular formula is C16H22N2O3. The number of hydrogen-bond donors (Lipinski definition) is 3. The monoisotopic (exact) mass is 290 g/mol. The number of ether oxygens (including phenoxy) is 1. The second kappa shape index (κ2) is 6.45. The van der Waals surface area contributed by atoms with Crippen molar-refractivity contribution in [3.63, 3.8) is 0 Å². The number of aliphatic hydroxyl groups excluding tert-OH is 1. The summed E-state index contributed by atoms with van der Waals surface area (Å²) in [5, 5.41) is 15.3. The molecule has 2 unspecified atom stereocenters. The number of carbonyl (C=O) groups is 1. The Morgan fingerprint density at radius 3 is 2.90 bits per heavy atom. The maximum atomic E-state index is 12.1. The Morgan fingerprint density at radius 2 is 2.05 bits per heavy atom. The van der Waals surface area contributed by atoms with Crippen molar-refractivity contribution in [3.8, 4) is 0 Å². The van der Waals surface area contributed by atoms with Crippen LogP contribution in [-0.2, 0) is 18.0 Å². The summed E-state index contributed by atoms with van der Waals surface area (Å²) >= 11 is 0. The Labute approximate surface area is 124 Å². The first-order valence-corrected chi connectivity index (χ1v) is 7.64. The van der Waals surface area contributed by atoms with Gasteiger partial charge in [0, 0.05) is 24.3 Å². The fourth-order valence-electron chi connectivity index (χ4n) is 3.20. The van der Waals surface area contributed by atoms with E-state index in [-0.39, 0.29) is 24.6 Å². The van der Waals surface area contributed by atoms with Gasteiger partial charge >= 0.3 is 6.03 Å². The number of benzene rings is 1. The third kappa shape index (κ3) is 3.36. The lowest BCUT2D eigenvalue weighted by Gasteiger charge is -2.30. The summed E-state index contributed by atoms with van der Waals surface area (Å²) in [7, 11) is 0. The molecule has 1 fully saturated rings. The zero-order chi connectivity index (χ0) is 14.7. The average Bonchev–Trinajstić information content (AvgIpc) is 2.95. The molecule has 0 spiro atoms. The van der Waals surface area contributed by atoms with Crippen LogP contribution in [0.5, 0.6) is 0 Å².